The monoisotopic (exact) mass is 260 g/mol. The lowest BCUT2D eigenvalue weighted by Gasteiger charge is -2.41. The van der Waals surface area contributed by atoms with Gasteiger partial charge in [-0.1, -0.05) is 39.7 Å². The Labute approximate surface area is 118 Å². The van der Waals surface area contributed by atoms with Crippen LogP contribution in [-0.4, -0.2) is 17.6 Å². The number of hydrogen-bond donors (Lipinski definition) is 1. The number of nitrogens with one attached hydrogen (secondary N) is 1. The van der Waals surface area contributed by atoms with Gasteiger partial charge in [0.1, 0.15) is 0 Å². The van der Waals surface area contributed by atoms with Gasteiger partial charge >= 0.3 is 0 Å². The Morgan fingerprint density at radius 1 is 1.26 bits per heavy atom. The van der Waals surface area contributed by atoms with Crippen molar-refractivity contribution in [3.63, 3.8) is 0 Å². The van der Waals surface area contributed by atoms with E-state index in [0.29, 0.717) is 11.5 Å². The van der Waals surface area contributed by atoms with E-state index in [2.05, 4.69) is 37.1 Å². The first-order chi connectivity index (χ1) is 9.07. The first kappa shape index (κ1) is 14.5. The Kier molecular flexibility index (Phi) is 4.98. The summed E-state index contributed by atoms with van der Waals surface area (Å²) in [6.07, 6.45) is 10.4. The summed E-state index contributed by atoms with van der Waals surface area (Å²) in [6.45, 7) is 8.24. The fraction of sp³-hybridized carbons (Fsp3) is 0.706. The van der Waals surface area contributed by atoms with Crippen LogP contribution in [0.25, 0.3) is 0 Å². The minimum Gasteiger partial charge on any atom is -0.313 e. The van der Waals surface area contributed by atoms with Gasteiger partial charge in [0.15, 0.2) is 0 Å². The molecule has 0 saturated heterocycles. The van der Waals surface area contributed by atoms with Gasteiger partial charge in [0.05, 0.1) is 0 Å². The molecule has 1 aliphatic rings. The number of rotatable bonds is 4. The number of aromatic nitrogens is 1. The van der Waals surface area contributed by atoms with E-state index >= 15 is 0 Å². The van der Waals surface area contributed by atoms with Crippen molar-refractivity contribution in [1.82, 2.24) is 10.3 Å². The summed E-state index contributed by atoms with van der Waals surface area (Å²) in [6, 6.07) is 4.88. The fourth-order valence-electron chi connectivity index (χ4n) is 3.36. The van der Waals surface area contributed by atoms with Crippen molar-refractivity contribution in [3.05, 3.63) is 30.1 Å². The maximum absolute atomic E-state index is 4.18. The molecule has 0 amide bonds. The zero-order chi connectivity index (χ0) is 13.7. The summed E-state index contributed by atoms with van der Waals surface area (Å²) >= 11 is 0. The van der Waals surface area contributed by atoms with E-state index in [0.717, 1.165) is 18.9 Å². The molecule has 2 atom stereocenters. The van der Waals surface area contributed by atoms with Crippen molar-refractivity contribution in [2.75, 3.05) is 6.54 Å². The molecule has 2 nitrogen and oxygen atoms in total. The number of hydrogen-bond acceptors (Lipinski definition) is 2. The van der Waals surface area contributed by atoms with E-state index in [-0.39, 0.29) is 0 Å². The van der Waals surface area contributed by atoms with Crippen molar-refractivity contribution in [2.45, 2.75) is 58.9 Å². The van der Waals surface area contributed by atoms with Crippen molar-refractivity contribution < 1.29 is 0 Å². The molecule has 1 fully saturated rings. The van der Waals surface area contributed by atoms with Gasteiger partial charge in [-0.05, 0) is 48.8 Å². The molecule has 1 heterocycles. The van der Waals surface area contributed by atoms with Crippen LogP contribution in [-0.2, 0) is 6.42 Å². The molecule has 1 N–H and O–H groups in total. The zero-order valence-electron chi connectivity index (χ0n) is 12.7. The third-order valence-corrected chi connectivity index (χ3v) is 4.42. The van der Waals surface area contributed by atoms with E-state index in [9.17, 15) is 0 Å². The maximum atomic E-state index is 4.18. The highest BCUT2D eigenvalue weighted by molar-refractivity contribution is 5.08. The molecule has 0 bridgehead atoms. The van der Waals surface area contributed by atoms with Crippen LogP contribution in [0.3, 0.4) is 0 Å². The van der Waals surface area contributed by atoms with Crippen LogP contribution in [0.5, 0.6) is 0 Å². The first-order valence-corrected chi connectivity index (χ1v) is 7.69. The molecule has 0 aromatic carbocycles. The third-order valence-electron chi connectivity index (χ3n) is 4.42. The summed E-state index contributed by atoms with van der Waals surface area (Å²) < 4.78 is 0. The Morgan fingerprint density at radius 2 is 2.05 bits per heavy atom. The van der Waals surface area contributed by atoms with Crippen LogP contribution < -0.4 is 5.32 Å². The second kappa shape index (κ2) is 6.51. The predicted octanol–water partition coefficient (Wildman–Crippen LogP) is 3.82. The standard InChI is InChI=1S/C17H28N2/c1-17(2,3)15-8-4-5-9-16(15)19-12-10-14-7-6-11-18-13-14/h6-7,11,13,15-16,19H,4-5,8-10,12H2,1-3H3. The zero-order valence-corrected chi connectivity index (χ0v) is 12.7. The highest BCUT2D eigenvalue weighted by Crippen LogP contribution is 2.37. The predicted molar refractivity (Wildman–Crippen MR) is 81.1 cm³/mol. The van der Waals surface area contributed by atoms with Gasteiger partial charge < -0.3 is 5.32 Å². The molecule has 1 aliphatic carbocycles. The molecule has 2 heteroatoms. The van der Waals surface area contributed by atoms with Crippen LogP contribution in [0.1, 0.15) is 52.0 Å². The minimum absolute atomic E-state index is 0.423. The minimum atomic E-state index is 0.423. The van der Waals surface area contributed by atoms with Gasteiger partial charge in [0.2, 0.25) is 0 Å². The normalized spacial score (nSPS) is 24.4. The van der Waals surface area contributed by atoms with Gasteiger partial charge in [-0.3, -0.25) is 4.98 Å². The maximum Gasteiger partial charge on any atom is 0.0300 e. The lowest BCUT2D eigenvalue weighted by molar-refractivity contribution is 0.131. The second-order valence-corrected chi connectivity index (χ2v) is 6.93. The van der Waals surface area contributed by atoms with Crippen LogP contribution in [0.2, 0.25) is 0 Å². The Morgan fingerprint density at radius 3 is 2.74 bits per heavy atom. The molecule has 2 rings (SSSR count). The quantitative estimate of drug-likeness (QED) is 0.890. The number of pyridine rings is 1. The lowest BCUT2D eigenvalue weighted by Crippen LogP contribution is -2.44. The highest BCUT2D eigenvalue weighted by atomic mass is 14.9. The van der Waals surface area contributed by atoms with E-state index < -0.39 is 0 Å². The summed E-state index contributed by atoms with van der Waals surface area (Å²) in [4.78, 5) is 4.18. The second-order valence-electron chi connectivity index (χ2n) is 6.93. The smallest absolute Gasteiger partial charge is 0.0300 e. The summed E-state index contributed by atoms with van der Waals surface area (Å²) in [5, 5.41) is 3.80. The highest BCUT2D eigenvalue weighted by Gasteiger charge is 2.33. The molecule has 106 valence electrons. The third kappa shape index (κ3) is 4.31. The largest absolute Gasteiger partial charge is 0.313 e. The van der Waals surface area contributed by atoms with Crippen molar-refractivity contribution in [2.24, 2.45) is 11.3 Å². The first-order valence-electron chi connectivity index (χ1n) is 7.69. The molecule has 1 aromatic rings. The van der Waals surface area contributed by atoms with Gasteiger partial charge in [-0.2, -0.15) is 0 Å². The van der Waals surface area contributed by atoms with Crippen molar-refractivity contribution >= 4 is 0 Å². The van der Waals surface area contributed by atoms with Gasteiger partial charge in [-0.15, -0.1) is 0 Å². The van der Waals surface area contributed by atoms with Crippen molar-refractivity contribution in [3.8, 4) is 0 Å². The topological polar surface area (TPSA) is 24.9 Å². The molecule has 0 aliphatic heterocycles. The molecule has 19 heavy (non-hydrogen) atoms. The molecule has 0 radical (unpaired) electrons. The van der Waals surface area contributed by atoms with Gasteiger partial charge in [0, 0.05) is 18.4 Å². The van der Waals surface area contributed by atoms with Crippen LogP contribution in [0.15, 0.2) is 24.5 Å². The molecular weight excluding hydrogens is 232 g/mol. The summed E-state index contributed by atoms with van der Waals surface area (Å²) in [5.41, 5.74) is 1.75. The summed E-state index contributed by atoms with van der Waals surface area (Å²) in [7, 11) is 0. The fourth-order valence-corrected chi connectivity index (χ4v) is 3.36. The van der Waals surface area contributed by atoms with Crippen LogP contribution in [0, 0.1) is 11.3 Å². The summed E-state index contributed by atoms with van der Waals surface area (Å²) in [5.74, 6) is 0.815. The van der Waals surface area contributed by atoms with E-state index in [1.165, 1.54) is 31.2 Å². The molecule has 0 spiro atoms. The van der Waals surface area contributed by atoms with Crippen molar-refractivity contribution in [1.29, 1.82) is 0 Å². The SMILES string of the molecule is CC(C)(C)C1CCCCC1NCCc1cccnc1. The molecule has 2 unspecified atom stereocenters. The number of nitrogens with zero attached hydrogens (tertiary/aromatic N) is 1. The Bertz CT molecular complexity index is 367. The Hall–Kier alpha value is -0.890. The van der Waals surface area contributed by atoms with E-state index in [1.54, 1.807) is 0 Å². The van der Waals surface area contributed by atoms with Gasteiger partial charge in [0.25, 0.3) is 0 Å². The molecule has 1 aromatic heterocycles. The van der Waals surface area contributed by atoms with Gasteiger partial charge in [-0.25, -0.2) is 0 Å². The van der Waals surface area contributed by atoms with Crippen LogP contribution >= 0.6 is 0 Å². The van der Waals surface area contributed by atoms with E-state index in [1.807, 2.05) is 18.5 Å². The Balaban J connectivity index is 1.83. The molecule has 1 saturated carbocycles. The molecular formula is C17H28N2. The average Bonchev–Trinajstić information content (AvgIpc) is 2.39. The lowest BCUT2D eigenvalue weighted by atomic mass is 9.69. The average molecular weight is 260 g/mol. The van der Waals surface area contributed by atoms with E-state index in [4.69, 9.17) is 0 Å². The van der Waals surface area contributed by atoms with Crippen LogP contribution in [0.4, 0.5) is 0 Å².